The van der Waals surface area contributed by atoms with Crippen LogP contribution in [0.15, 0.2) is 72.8 Å². The fourth-order valence-electron chi connectivity index (χ4n) is 4.33. The second-order valence-electron chi connectivity index (χ2n) is 8.65. The maximum absolute atomic E-state index is 13.0. The SMILES string of the molecule is CC(C)(NCCC(=O)N1CCc2c(-c3ccc(C(=O)O)cc3)cccc21)c1ccccc1. The van der Waals surface area contributed by atoms with Crippen LogP contribution in [-0.2, 0) is 16.8 Å². The van der Waals surface area contributed by atoms with E-state index in [1.54, 1.807) is 12.1 Å². The van der Waals surface area contributed by atoms with Crippen LogP contribution < -0.4 is 10.2 Å². The van der Waals surface area contributed by atoms with E-state index < -0.39 is 5.97 Å². The molecule has 0 saturated heterocycles. The number of anilines is 1. The third-order valence-electron chi connectivity index (χ3n) is 6.17. The maximum Gasteiger partial charge on any atom is 0.335 e. The minimum atomic E-state index is -0.935. The summed E-state index contributed by atoms with van der Waals surface area (Å²) in [6, 6.07) is 23.1. The molecule has 0 bridgehead atoms. The van der Waals surface area contributed by atoms with Gasteiger partial charge in [0.15, 0.2) is 0 Å². The van der Waals surface area contributed by atoms with E-state index in [9.17, 15) is 9.59 Å². The highest BCUT2D eigenvalue weighted by atomic mass is 16.4. The molecule has 0 unspecified atom stereocenters. The summed E-state index contributed by atoms with van der Waals surface area (Å²) in [4.78, 5) is 26.0. The Hall–Kier alpha value is -3.44. The fourth-order valence-corrected chi connectivity index (χ4v) is 4.33. The lowest BCUT2D eigenvalue weighted by Gasteiger charge is -2.27. The summed E-state index contributed by atoms with van der Waals surface area (Å²) in [5.41, 5.74) is 5.37. The molecule has 5 heteroatoms. The molecule has 32 heavy (non-hydrogen) atoms. The van der Waals surface area contributed by atoms with Gasteiger partial charge in [0.25, 0.3) is 0 Å². The van der Waals surface area contributed by atoms with E-state index in [1.165, 1.54) is 5.56 Å². The summed E-state index contributed by atoms with van der Waals surface area (Å²) >= 11 is 0. The lowest BCUT2D eigenvalue weighted by Crippen LogP contribution is -2.39. The smallest absolute Gasteiger partial charge is 0.335 e. The van der Waals surface area contributed by atoms with Crippen LogP contribution in [0.2, 0.25) is 0 Å². The van der Waals surface area contributed by atoms with Gasteiger partial charge in [-0.05, 0) is 60.7 Å². The van der Waals surface area contributed by atoms with Gasteiger partial charge in [0.1, 0.15) is 0 Å². The number of aromatic carboxylic acids is 1. The molecule has 1 aliphatic heterocycles. The van der Waals surface area contributed by atoms with Crippen LogP contribution in [0.25, 0.3) is 11.1 Å². The summed E-state index contributed by atoms with van der Waals surface area (Å²) < 4.78 is 0. The van der Waals surface area contributed by atoms with Crippen LogP contribution in [0, 0.1) is 0 Å². The lowest BCUT2D eigenvalue weighted by molar-refractivity contribution is -0.118. The van der Waals surface area contributed by atoms with Crippen molar-refractivity contribution in [1.29, 1.82) is 0 Å². The van der Waals surface area contributed by atoms with Gasteiger partial charge in [-0.3, -0.25) is 4.79 Å². The lowest BCUT2D eigenvalue weighted by atomic mass is 9.94. The molecular weight excluding hydrogens is 400 g/mol. The standard InChI is InChI=1S/C27H28N2O3/c1-27(2,21-7-4-3-5-8-21)28-17-15-25(30)29-18-16-23-22(9-6-10-24(23)29)19-11-13-20(14-12-19)26(31)32/h3-14,28H,15-18H2,1-2H3,(H,31,32). The highest BCUT2D eigenvalue weighted by Crippen LogP contribution is 2.36. The van der Waals surface area contributed by atoms with Crippen LogP contribution in [-0.4, -0.2) is 30.1 Å². The zero-order chi connectivity index (χ0) is 22.7. The Morgan fingerprint density at radius 3 is 2.38 bits per heavy atom. The van der Waals surface area contributed by atoms with E-state index in [2.05, 4.69) is 31.3 Å². The van der Waals surface area contributed by atoms with E-state index in [1.807, 2.05) is 53.4 Å². The summed E-state index contributed by atoms with van der Waals surface area (Å²) in [7, 11) is 0. The van der Waals surface area contributed by atoms with Crippen LogP contribution >= 0.6 is 0 Å². The molecule has 0 fully saturated rings. The van der Waals surface area contributed by atoms with Gasteiger partial charge in [-0.25, -0.2) is 4.79 Å². The van der Waals surface area contributed by atoms with Crippen molar-refractivity contribution in [2.45, 2.75) is 32.2 Å². The number of fused-ring (bicyclic) bond motifs is 1. The Morgan fingerprint density at radius 1 is 0.969 bits per heavy atom. The number of hydrogen-bond donors (Lipinski definition) is 2. The first-order chi connectivity index (χ1) is 15.4. The first kappa shape index (κ1) is 21.8. The van der Waals surface area contributed by atoms with Crippen molar-refractivity contribution in [2.24, 2.45) is 0 Å². The molecule has 1 amide bonds. The molecule has 1 aliphatic rings. The topological polar surface area (TPSA) is 69.6 Å². The maximum atomic E-state index is 13.0. The molecule has 4 rings (SSSR count). The Labute approximate surface area is 188 Å². The van der Waals surface area contributed by atoms with Crippen molar-refractivity contribution < 1.29 is 14.7 Å². The van der Waals surface area contributed by atoms with Gasteiger partial charge < -0.3 is 15.3 Å². The zero-order valence-electron chi connectivity index (χ0n) is 18.5. The second kappa shape index (κ2) is 8.97. The molecule has 1 heterocycles. The molecule has 5 nitrogen and oxygen atoms in total. The number of rotatable bonds is 7. The molecule has 3 aromatic carbocycles. The van der Waals surface area contributed by atoms with E-state index in [4.69, 9.17) is 5.11 Å². The number of carboxylic acids is 1. The summed E-state index contributed by atoms with van der Waals surface area (Å²) in [6.45, 7) is 5.52. The number of nitrogens with one attached hydrogen (secondary N) is 1. The van der Waals surface area contributed by atoms with Crippen LogP contribution in [0.1, 0.15) is 41.8 Å². The van der Waals surface area contributed by atoms with E-state index in [0.717, 1.165) is 28.8 Å². The average Bonchev–Trinajstić information content (AvgIpc) is 3.24. The Morgan fingerprint density at radius 2 is 1.69 bits per heavy atom. The van der Waals surface area contributed by atoms with Gasteiger partial charge in [0.2, 0.25) is 5.91 Å². The van der Waals surface area contributed by atoms with Crippen molar-refractivity contribution in [3.63, 3.8) is 0 Å². The fraction of sp³-hybridized carbons (Fsp3) is 0.259. The van der Waals surface area contributed by atoms with Gasteiger partial charge in [-0.1, -0.05) is 54.6 Å². The number of benzene rings is 3. The number of carbonyl (C=O) groups is 2. The molecular formula is C27H28N2O3. The zero-order valence-corrected chi connectivity index (χ0v) is 18.5. The summed E-state index contributed by atoms with van der Waals surface area (Å²) in [5.74, 6) is -0.825. The first-order valence-electron chi connectivity index (χ1n) is 10.9. The van der Waals surface area contributed by atoms with Crippen molar-refractivity contribution in [3.8, 4) is 11.1 Å². The average molecular weight is 429 g/mol. The highest BCUT2D eigenvalue weighted by molar-refractivity contribution is 5.97. The molecule has 0 spiro atoms. The molecule has 0 saturated carbocycles. The predicted molar refractivity (Wildman–Crippen MR) is 127 cm³/mol. The molecule has 2 N–H and O–H groups in total. The number of hydrogen-bond acceptors (Lipinski definition) is 3. The van der Waals surface area contributed by atoms with Crippen molar-refractivity contribution in [2.75, 3.05) is 18.0 Å². The second-order valence-corrected chi connectivity index (χ2v) is 8.65. The number of nitrogens with zero attached hydrogens (tertiary/aromatic N) is 1. The van der Waals surface area contributed by atoms with E-state index >= 15 is 0 Å². The van der Waals surface area contributed by atoms with Gasteiger partial charge >= 0.3 is 5.97 Å². The molecule has 0 radical (unpaired) electrons. The number of amides is 1. The monoisotopic (exact) mass is 428 g/mol. The normalized spacial score (nSPS) is 13.1. The summed E-state index contributed by atoms with van der Waals surface area (Å²) in [5, 5.41) is 12.6. The largest absolute Gasteiger partial charge is 0.478 e. The van der Waals surface area contributed by atoms with Gasteiger partial charge in [0.05, 0.1) is 5.56 Å². The first-order valence-corrected chi connectivity index (χ1v) is 10.9. The van der Waals surface area contributed by atoms with Gasteiger partial charge in [0, 0.05) is 30.7 Å². The third-order valence-corrected chi connectivity index (χ3v) is 6.17. The van der Waals surface area contributed by atoms with Crippen molar-refractivity contribution in [1.82, 2.24) is 5.32 Å². The van der Waals surface area contributed by atoms with Gasteiger partial charge in [-0.15, -0.1) is 0 Å². The highest BCUT2D eigenvalue weighted by Gasteiger charge is 2.27. The number of carbonyl (C=O) groups excluding carboxylic acids is 1. The van der Waals surface area contributed by atoms with E-state index in [0.29, 0.717) is 19.5 Å². The number of carboxylic acid groups (broad SMARTS) is 1. The van der Waals surface area contributed by atoms with Gasteiger partial charge in [-0.2, -0.15) is 0 Å². The van der Waals surface area contributed by atoms with Crippen molar-refractivity contribution in [3.05, 3.63) is 89.5 Å². The van der Waals surface area contributed by atoms with Crippen molar-refractivity contribution >= 4 is 17.6 Å². The van der Waals surface area contributed by atoms with Crippen LogP contribution in [0.3, 0.4) is 0 Å². The molecule has 3 aromatic rings. The minimum Gasteiger partial charge on any atom is -0.478 e. The Kier molecular flexibility index (Phi) is 6.10. The molecule has 0 atom stereocenters. The molecule has 0 aliphatic carbocycles. The Balaban J connectivity index is 1.45. The minimum absolute atomic E-state index is 0.110. The summed E-state index contributed by atoms with van der Waals surface area (Å²) in [6.07, 6.45) is 1.22. The quantitative estimate of drug-likeness (QED) is 0.564. The van der Waals surface area contributed by atoms with E-state index in [-0.39, 0.29) is 17.0 Å². The Bertz CT molecular complexity index is 1120. The molecule has 164 valence electrons. The molecule has 0 aromatic heterocycles. The van der Waals surface area contributed by atoms with Crippen LogP contribution in [0.5, 0.6) is 0 Å². The third kappa shape index (κ3) is 4.43. The van der Waals surface area contributed by atoms with Crippen LogP contribution in [0.4, 0.5) is 5.69 Å². The predicted octanol–water partition coefficient (Wildman–Crippen LogP) is 4.86.